The van der Waals surface area contributed by atoms with Crippen LogP contribution in [0.3, 0.4) is 0 Å². The summed E-state index contributed by atoms with van der Waals surface area (Å²) in [4.78, 5) is 16.5. The number of nitrogens with zero attached hydrogens (tertiary/aromatic N) is 1. The molecular weight excluding hydrogens is 268 g/mol. The van der Waals surface area contributed by atoms with Crippen LogP contribution in [0.25, 0.3) is 10.9 Å². The van der Waals surface area contributed by atoms with Gasteiger partial charge in [-0.1, -0.05) is 18.2 Å². The van der Waals surface area contributed by atoms with Crippen LogP contribution in [0.4, 0.5) is 0 Å². The number of para-hydroxylation sites is 1. The van der Waals surface area contributed by atoms with Gasteiger partial charge in [0.15, 0.2) is 0 Å². The van der Waals surface area contributed by atoms with Gasteiger partial charge in [-0.3, -0.25) is 9.78 Å². The van der Waals surface area contributed by atoms with Gasteiger partial charge in [-0.25, -0.2) is 0 Å². The first-order valence-electron chi connectivity index (χ1n) is 7.13. The summed E-state index contributed by atoms with van der Waals surface area (Å²) in [6.45, 7) is 1.49. The largest absolute Gasteiger partial charge is 0.391 e. The summed E-state index contributed by atoms with van der Waals surface area (Å²) in [6.07, 6.45) is 1.90. The Hall–Kier alpha value is -1.98. The number of carbonyl (C=O) groups is 1. The minimum Gasteiger partial charge on any atom is -0.391 e. The van der Waals surface area contributed by atoms with Crippen LogP contribution in [-0.2, 0) is 4.74 Å². The quantitative estimate of drug-likeness (QED) is 0.890. The maximum atomic E-state index is 12.3. The third-order valence-corrected chi connectivity index (χ3v) is 3.87. The summed E-state index contributed by atoms with van der Waals surface area (Å²) in [5.41, 5.74) is 1.37. The fourth-order valence-corrected chi connectivity index (χ4v) is 2.61. The SMILES string of the molecule is O=C(NCC(O)C1CCOC1)c1ccnc2ccccc12. The Balaban J connectivity index is 1.69. The zero-order chi connectivity index (χ0) is 14.7. The Morgan fingerprint density at radius 2 is 2.29 bits per heavy atom. The van der Waals surface area contributed by atoms with Gasteiger partial charge in [0.1, 0.15) is 0 Å². The Labute approximate surface area is 123 Å². The maximum absolute atomic E-state index is 12.3. The van der Waals surface area contributed by atoms with Gasteiger partial charge < -0.3 is 15.2 Å². The van der Waals surface area contributed by atoms with E-state index >= 15 is 0 Å². The second kappa shape index (κ2) is 6.20. The van der Waals surface area contributed by atoms with Gasteiger partial charge in [0.05, 0.1) is 23.8 Å². The number of hydrogen-bond donors (Lipinski definition) is 2. The molecule has 5 heteroatoms. The fraction of sp³-hybridized carbons (Fsp3) is 0.375. The van der Waals surface area contributed by atoms with E-state index in [0.717, 1.165) is 17.3 Å². The first kappa shape index (κ1) is 14.0. The molecule has 2 unspecified atom stereocenters. The maximum Gasteiger partial charge on any atom is 0.252 e. The van der Waals surface area contributed by atoms with E-state index in [4.69, 9.17) is 4.74 Å². The topological polar surface area (TPSA) is 71.5 Å². The van der Waals surface area contributed by atoms with Gasteiger partial charge in [-0.15, -0.1) is 0 Å². The number of carbonyl (C=O) groups excluding carboxylic acids is 1. The molecule has 2 heterocycles. The van der Waals surface area contributed by atoms with Crippen molar-refractivity contribution in [2.75, 3.05) is 19.8 Å². The molecule has 0 bridgehead atoms. The predicted molar refractivity (Wildman–Crippen MR) is 79.0 cm³/mol. The van der Waals surface area contributed by atoms with E-state index < -0.39 is 6.10 Å². The van der Waals surface area contributed by atoms with E-state index in [0.29, 0.717) is 18.8 Å². The van der Waals surface area contributed by atoms with Gasteiger partial charge in [0.25, 0.3) is 5.91 Å². The molecular formula is C16H18N2O3. The van der Waals surface area contributed by atoms with Crippen LogP contribution in [-0.4, -0.2) is 41.9 Å². The minimum absolute atomic E-state index is 0.111. The highest BCUT2D eigenvalue weighted by Gasteiger charge is 2.24. The van der Waals surface area contributed by atoms with Gasteiger partial charge in [0.2, 0.25) is 0 Å². The molecule has 1 aliphatic rings. The highest BCUT2D eigenvalue weighted by molar-refractivity contribution is 6.05. The first-order valence-corrected chi connectivity index (χ1v) is 7.13. The van der Waals surface area contributed by atoms with Gasteiger partial charge in [0, 0.05) is 30.7 Å². The Kier molecular flexibility index (Phi) is 4.13. The number of nitrogens with one attached hydrogen (secondary N) is 1. The van der Waals surface area contributed by atoms with E-state index in [1.54, 1.807) is 12.3 Å². The van der Waals surface area contributed by atoms with Crippen molar-refractivity contribution in [3.8, 4) is 0 Å². The van der Waals surface area contributed by atoms with Crippen LogP contribution in [0.15, 0.2) is 36.5 Å². The van der Waals surface area contributed by atoms with Crippen molar-refractivity contribution >= 4 is 16.8 Å². The number of amides is 1. The zero-order valence-electron chi connectivity index (χ0n) is 11.7. The summed E-state index contributed by atoms with van der Waals surface area (Å²) < 4.78 is 5.25. The molecule has 1 fully saturated rings. The molecule has 2 atom stereocenters. The van der Waals surface area contributed by atoms with Crippen LogP contribution in [0.2, 0.25) is 0 Å². The molecule has 2 aromatic rings. The number of aliphatic hydroxyl groups excluding tert-OH is 1. The number of fused-ring (bicyclic) bond motifs is 1. The van der Waals surface area contributed by atoms with Crippen molar-refractivity contribution in [3.05, 3.63) is 42.1 Å². The van der Waals surface area contributed by atoms with Crippen LogP contribution < -0.4 is 5.32 Å². The molecule has 0 saturated carbocycles. The van der Waals surface area contributed by atoms with E-state index in [2.05, 4.69) is 10.3 Å². The molecule has 2 N–H and O–H groups in total. The van der Waals surface area contributed by atoms with Gasteiger partial charge >= 0.3 is 0 Å². The number of ether oxygens (including phenoxy) is 1. The molecule has 21 heavy (non-hydrogen) atoms. The molecule has 3 rings (SSSR count). The predicted octanol–water partition coefficient (Wildman–Crippen LogP) is 1.36. The fourth-order valence-electron chi connectivity index (χ4n) is 2.61. The summed E-state index contributed by atoms with van der Waals surface area (Å²) in [5.74, 6) is -0.0777. The summed E-state index contributed by atoms with van der Waals surface area (Å²) in [7, 11) is 0. The van der Waals surface area contributed by atoms with Crippen molar-refractivity contribution in [1.29, 1.82) is 0 Å². The number of rotatable bonds is 4. The standard InChI is InChI=1S/C16H18N2O3/c19-15(11-6-8-21-10-11)9-18-16(20)13-5-7-17-14-4-2-1-3-12(13)14/h1-5,7,11,15,19H,6,8-10H2,(H,18,20). The molecule has 0 aliphatic carbocycles. The highest BCUT2D eigenvalue weighted by atomic mass is 16.5. The van der Waals surface area contributed by atoms with Crippen LogP contribution in [0.5, 0.6) is 0 Å². The lowest BCUT2D eigenvalue weighted by Crippen LogP contribution is -2.36. The lowest BCUT2D eigenvalue weighted by atomic mass is 10.0. The van der Waals surface area contributed by atoms with E-state index in [1.807, 2.05) is 24.3 Å². The Bertz CT molecular complexity index is 633. The van der Waals surface area contributed by atoms with Crippen molar-refractivity contribution in [2.45, 2.75) is 12.5 Å². The molecule has 0 radical (unpaired) electrons. The zero-order valence-corrected chi connectivity index (χ0v) is 11.7. The normalized spacial score (nSPS) is 19.6. The molecule has 0 spiro atoms. The molecule has 1 aromatic carbocycles. The number of aromatic nitrogens is 1. The summed E-state index contributed by atoms with van der Waals surface area (Å²) in [6, 6.07) is 9.21. The van der Waals surface area contributed by atoms with Crippen LogP contribution >= 0.6 is 0 Å². The minimum atomic E-state index is -0.565. The molecule has 110 valence electrons. The van der Waals surface area contributed by atoms with Crippen molar-refractivity contribution < 1.29 is 14.6 Å². The summed E-state index contributed by atoms with van der Waals surface area (Å²) in [5, 5.41) is 13.7. The highest BCUT2D eigenvalue weighted by Crippen LogP contribution is 2.18. The van der Waals surface area contributed by atoms with Gasteiger partial charge in [-0.05, 0) is 18.6 Å². The number of hydrogen-bond acceptors (Lipinski definition) is 4. The van der Waals surface area contributed by atoms with Crippen LogP contribution in [0.1, 0.15) is 16.8 Å². The Morgan fingerprint density at radius 3 is 3.10 bits per heavy atom. The molecule has 1 aromatic heterocycles. The van der Waals surface area contributed by atoms with E-state index in [1.165, 1.54) is 0 Å². The number of pyridine rings is 1. The second-order valence-electron chi connectivity index (χ2n) is 5.28. The lowest BCUT2D eigenvalue weighted by molar-refractivity contribution is 0.0782. The summed E-state index contributed by atoms with van der Waals surface area (Å²) >= 11 is 0. The third kappa shape index (κ3) is 3.04. The molecule has 1 aliphatic heterocycles. The van der Waals surface area contributed by atoms with Crippen molar-refractivity contribution in [3.63, 3.8) is 0 Å². The second-order valence-corrected chi connectivity index (χ2v) is 5.28. The first-order chi connectivity index (χ1) is 10.3. The smallest absolute Gasteiger partial charge is 0.252 e. The lowest BCUT2D eigenvalue weighted by Gasteiger charge is -2.17. The number of aliphatic hydroxyl groups is 1. The average Bonchev–Trinajstić information content (AvgIpc) is 3.06. The molecule has 5 nitrogen and oxygen atoms in total. The third-order valence-electron chi connectivity index (χ3n) is 3.87. The Morgan fingerprint density at radius 1 is 1.43 bits per heavy atom. The molecule has 1 saturated heterocycles. The van der Waals surface area contributed by atoms with E-state index in [9.17, 15) is 9.90 Å². The van der Waals surface area contributed by atoms with Gasteiger partial charge in [-0.2, -0.15) is 0 Å². The average molecular weight is 286 g/mol. The van der Waals surface area contributed by atoms with Crippen molar-refractivity contribution in [1.82, 2.24) is 10.3 Å². The van der Waals surface area contributed by atoms with Crippen LogP contribution in [0, 0.1) is 5.92 Å². The monoisotopic (exact) mass is 286 g/mol. The molecule has 1 amide bonds. The number of benzene rings is 1. The van der Waals surface area contributed by atoms with Crippen molar-refractivity contribution in [2.24, 2.45) is 5.92 Å². The van der Waals surface area contributed by atoms with E-state index in [-0.39, 0.29) is 18.4 Å².